The Morgan fingerprint density at radius 3 is 2.41 bits per heavy atom. The average molecular weight is 400 g/mol. The summed E-state index contributed by atoms with van der Waals surface area (Å²) < 4.78 is 1.53. The van der Waals surface area contributed by atoms with Gasteiger partial charge in [0.15, 0.2) is 0 Å². The number of halogens is 1. The summed E-state index contributed by atoms with van der Waals surface area (Å²) in [5, 5.41) is 4.17. The Morgan fingerprint density at radius 1 is 0.828 bits per heavy atom. The summed E-state index contributed by atoms with van der Waals surface area (Å²) in [5.41, 5.74) is 3.24. The molecule has 5 aromatic rings. The number of aromatic nitrogens is 4. The first-order chi connectivity index (χ1) is 14.2. The molecule has 2 aromatic heterocycles. The second-order valence-corrected chi connectivity index (χ2v) is 6.89. The first-order valence-corrected chi connectivity index (χ1v) is 9.32. The molecule has 0 amide bonds. The van der Waals surface area contributed by atoms with Crippen molar-refractivity contribution in [2.75, 3.05) is 5.32 Å². The second-order valence-electron chi connectivity index (χ2n) is 6.46. The van der Waals surface area contributed by atoms with Crippen molar-refractivity contribution in [3.8, 4) is 5.69 Å². The summed E-state index contributed by atoms with van der Waals surface area (Å²) in [6, 6.07) is 20.1. The molecule has 0 aliphatic carbocycles. The highest BCUT2D eigenvalue weighted by molar-refractivity contribution is 6.31. The molecular formula is C22H14ClN5O. The van der Waals surface area contributed by atoms with Gasteiger partial charge in [-0.1, -0.05) is 29.8 Å². The number of nitrogens with one attached hydrogen (secondary N) is 1. The lowest BCUT2D eigenvalue weighted by Gasteiger charge is -2.15. The molecule has 0 aliphatic heterocycles. The summed E-state index contributed by atoms with van der Waals surface area (Å²) in [7, 11) is 0. The van der Waals surface area contributed by atoms with Crippen molar-refractivity contribution in [2.24, 2.45) is 0 Å². The maximum atomic E-state index is 13.4. The van der Waals surface area contributed by atoms with Crippen molar-refractivity contribution < 1.29 is 0 Å². The number of anilines is 2. The molecule has 0 aliphatic rings. The van der Waals surface area contributed by atoms with Crippen LogP contribution in [0.5, 0.6) is 0 Å². The maximum absolute atomic E-state index is 13.4. The van der Waals surface area contributed by atoms with E-state index < -0.39 is 0 Å². The molecule has 1 N–H and O–H groups in total. The van der Waals surface area contributed by atoms with Gasteiger partial charge in [-0.05, 0) is 48.5 Å². The van der Waals surface area contributed by atoms with Crippen LogP contribution in [-0.4, -0.2) is 19.5 Å². The molecule has 6 nitrogen and oxygen atoms in total. The van der Waals surface area contributed by atoms with Gasteiger partial charge in [-0.2, -0.15) is 0 Å². The van der Waals surface area contributed by atoms with E-state index in [4.69, 9.17) is 11.6 Å². The summed E-state index contributed by atoms with van der Waals surface area (Å²) in [5.74, 6) is 0.402. The topological polar surface area (TPSA) is 72.7 Å². The van der Waals surface area contributed by atoms with Crippen molar-refractivity contribution in [3.05, 3.63) is 94.5 Å². The predicted octanol–water partition coefficient (Wildman–Crippen LogP) is 4.73. The monoisotopic (exact) mass is 399 g/mol. The highest BCUT2D eigenvalue weighted by atomic mass is 35.5. The molecule has 7 heteroatoms. The van der Waals surface area contributed by atoms with Crippen LogP contribution in [0, 0.1) is 0 Å². The third-order valence-corrected chi connectivity index (χ3v) is 4.81. The minimum atomic E-state index is -0.223. The highest BCUT2D eigenvalue weighted by Crippen LogP contribution is 2.23. The first kappa shape index (κ1) is 17.3. The molecule has 29 heavy (non-hydrogen) atoms. The number of hydrogen-bond acceptors (Lipinski definition) is 5. The van der Waals surface area contributed by atoms with Gasteiger partial charge in [-0.25, -0.2) is 9.55 Å². The smallest absolute Gasteiger partial charge is 0.267 e. The summed E-state index contributed by atoms with van der Waals surface area (Å²) >= 11 is 6.13. The Kier molecular flexibility index (Phi) is 4.18. The number of fused-ring (bicyclic) bond motifs is 2. The van der Waals surface area contributed by atoms with E-state index in [-0.39, 0.29) is 5.56 Å². The van der Waals surface area contributed by atoms with E-state index in [1.807, 2.05) is 48.5 Å². The number of hydrogen-bond donors (Lipinski definition) is 1. The Hall–Kier alpha value is -3.77. The first-order valence-electron chi connectivity index (χ1n) is 8.94. The van der Waals surface area contributed by atoms with E-state index in [0.717, 1.165) is 11.2 Å². The number of rotatable bonds is 3. The Labute approximate surface area is 170 Å². The van der Waals surface area contributed by atoms with Crippen molar-refractivity contribution in [2.45, 2.75) is 0 Å². The molecular weight excluding hydrogens is 386 g/mol. The van der Waals surface area contributed by atoms with Crippen LogP contribution in [0.25, 0.3) is 27.6 Å². The highest BCUT2D eigenvalue weighted by Gasteiger charge is 2.14. The van der Waals surface area contributed by atoms with Gasteiger partial charge < -0.3 is 5.32 Å². The summed E-state index contributed by atoms with van der Waals surface area (Å²) in [4.78, 5) is 26.7. The van der Waals surface area contributed by atoms with Gasteiger partial charge in [0.25, 0.3) is 5.56 Å². The fraction of sp³-hybridized carbons (Fsp3) is 0. The van der Waals surface area contributed by atoms with Gasteiger partial charge in [0, 0.05) is 23.1 Å². The molecule has 0 saturated heterocycles. The van der Waals surface area contributed by atoms with Gasteiger partial charge >= 0.3 is 0 Å². The standard InChI is InChI=1S/C22H14ClN5O/c23-14-6-8-18-17(12-14)21(29)28(22(27-18)26-15-4-2-1-3-5-15)16-7-9-19-20(13-16)25-11-10-24-19/h1-13H,(H,26,27). The Morgan fingerprint density at radius 2 is 1.59 bits per heavy atom. The normalized spacial score (nSPS) is 11.1. The average Bonchev–Trinajstić information content (AvgIpc) is 2.75. The zero-order chi connectivity index (χ0) is 19.8. The minimum absolute atomic E-state index is 0.223. The van der Waals surface area contributed by atoms with E-state index in [1.54, 1.807) is 30.6 Å². The molecule has 5 rings (SSSR count). The van der Waals surface area contributed by atoms with Crippen LogP contribution in [-0.2, 0) is 0 Å². The zero-order valence-electron chi connectivity index (χ0n) is 15.1. The van der Waals surface area contributed by atoms with Crippen LogP contribution in [0.15, 0.2) is 83.9 Å². The molecule has 0 radical (unpaired) electrons. The molecule has 0 unspecified atom stereocenters. The Balaban J connectivity index is 1.79. The van der Waals surface area contributed by atoms with Crippen molar-refractivity contribution >= 4 is 45.2 Å². The van der Waals surface area contributed by atoms with Crippen LogP contribution < -0.4 is 10.9 Å². The Bertz CT molecular complexity index is 1420. The van der Waals surface area contributed by atoms with Crippen molar-refractivity contribution in [1.29, 1.82) is 0 Å². The molecule has 0 spiro atoms. The molecule has 0 fully saturated rings. The van der Waals surface area contributed by atoms with Gasteiger partial charge in [0.1, 0.15) is 0 Å². The quantitative estimate of drug-likeness (QED) is 0.475. The fourth-order valence-corrected chi connectivity index (χ4v) is 3.39. The van der Waals surface area contributed by atoms with E-state index >= 15 is 0 Å². The van der Waals surface area contributed by atoms with Crippen LogP contribution in [0.4, 0.5) is 11.6 Å². The summed E-state index contributed by atoms with van der Waals surface area (Å²) in [6.45, 7) is 0. The molecule has 0 bridgehead atoms. The van der Waals surface area contributed by atoms with Gasteiger partial charge in [-0.3, -0.25) is 14.8 Å². The second kappa shape index (κ2) is 7.00. The van der Waals surface area contributed by atoms with Crippen LogP contribution in [0.3, 0.4) is 0 Å². The lowest BCUT2D eigenvalue weighted by molar-refractivity contribution is 0.975. The molecule has 3 aromatic carbocycles. The third kappa shape index (κ3) is 3.19. The summed E-state index contributed by atoms with van der Waals surface area (Å²) in [6.07, 6.45) is 3.26. The molecule has 0 saturated carbocycles. The molecule has 140 valence electrons. The van der Waals surface area contributed by atoms with Crippen LogP contribution >= 0.6 is 11.6 Å². The third-order valence-electron chi connectivity index (χ3n) is 4.57. The van der Waals surface area contributed by atoms with E-state index in [9.17, 15) is 4.79 Å². The van der Waals surface area contributed by atoms with E-state index in [0.29, 0.717) is 33.1 Å². The maximum Gasteiger partial charge on any atom is 0.267 e. The van der Waals surface area contributed by atoms with Crippen LogP contribution in [0.1, 0.15) is 0 Å². The SMILES string of the molecule is O=c1c2cc(Cl)ccc2nc(Nc2ccccc2)n1-c1ccc2nccnc2c1. The van der Waals surface area contributed by atoms with Crippen LogP contribution in [0.2, 0.25) is 5.02 Å². The van der Waals surface area contributed by atoms with Gasteiger partial charge in [0.05, 0.1) is 27.6 Å². The minimum Gasteiger partial charge on any atom is -0.325 e. The predicted molar refractivity (Wildman–Crippen MR) is 115 cm³/mol. The lowest BCUT2D eigenvalue weighted by Crippen LogP contribution is -2.22. The zero-order valence-corrected chi connectivity index (χ0v) is 15.8. The number of para-hydroxylation sites is 1. The van der Waals surface area contributed by atoms with Crippen molar-refractivity contribution in [1.82, 2.24) is 19.5 Å². The van der Waals surface area contributed by atoms with Gasteiger partial charge in [-0.15, -0.1) is 0 Å². The number of benzene rings is 3. The molecule has 2 heterocycles. The van der Waals surface area contributed by atoms with Gasteiger partial charge in [0.2, 0.25) is 5.95 Å². The van der Waals surface area contributed by atoms with E-state index in [1.165, 1.54) is 4.57 Å². The fourth-order valence-electron chi connectivity index (χ4n) is 3.22. The molecule has 0 atom stereocenters. The largest absolute Gasteiger partial charge is 0.325 e. The number of nitrogens with zero attached hydrogens (tertiary/aromatic N) is 4. The lowest BCUT2D eigenvalue weighted by atomic mass is 10.2. The van der Waals surface area contributed by atoms with Crippen molar-refractivity contribution in [3.63, 3.8) is 0 Å². The van der Waals surface area contributed by atoms with E-state index in [2.05, 4.69) is 20.3 Å².